The van der Waals surface area contributed by atoms with Crippen molar-refractivity contribution in [3.05, 3.63) is 35.9 Å². The third-order valence-electron chi connectivity index (χ3n) is 4.75. The van der Waals surface area contributed by atoms with Crippen LogP contribution >= 0.6 is 0 Å². The van der Waals surface area contributed by atoms with Gasteiger partial charge in [0.25, 0.3) is 0 Å². The van der Waals surface area contributed by atoms with Crippen molar-refractivity contribution in [2.75, 3.05) is 6.54 Å². The van der Waals surface area contributed by atoms with Crippen molar-refractivity contribution in [2.45, 2.75) is 58.4 Å². The van der Waals surface area contributed by atoms with Gasteiger partial charge in [-0.25, -0.2) is 0 Å². The average Bonchev–Trinajstić information content (AvgIpc) is 2.37. The molecule has 0 spiro atoms. The van der Waals surface area contributed by atoms with Gasteiger partial charge in [-0.2, -0.15) is 0 Å². The molecule has 0 aromatic heterocycles. The summed E-state index contributed by atoms with van der Waals surface area (Å²) < 4.78 is 0. The number of rotatable bonds is 7. The van der Waals surface area contributed by atoms with Crippen LogP contribution in [0.5, 0.6) is 0 Å². The lowest BCUT2D eigenvalue weighted by atomic mass is 9.67. The topological polar surface area (TPSA) is 12.0 Å². The van der Waals surface area contributed by atoms with E-state index in [1.54, 1.807) is 0 Å². The fraction of sp³-hybridized carbons (Fsp3) is 0.647. The highest BCUT2D eigenvalue weighted by atomic mass is 14.9. The van der Waals surface area contributed by atoms with Gasteiger partial charge in [-0.3, -0.25) is 0 Å². The molecule has 0 heterocycles. The zero-order chi connectivity index (χ0) is 12.8. The van der Waals surface area contributed by atoms with Crippen LogP contribution in [0.25, 0.3) is 0 Å². The number of hydrogen-bond acceptors (Lipinski definition) is 1. The molecule has 1 atom stereocenters. The van der Waals surface area contributed by atoms with Crippen LogP contribution in [0.4, 0.5) is 0 Å². The number of nitrogens with one attached hydrogen (secondary N) is 1. The van der Waals surface area contributed by atoms with Gasteiger partial charge >= 0.3 is 0 Å². The van der Waals surface area contributed by atoms with E-state index in [1.165, 1.54) is 44.2 Å². The van der Waals surface area contributed by atoms with Gasteiger partial charge in [0.1, 0.15) is 0 Å². The Morgan fingerprint density at radius 3 is 2.39 bits per heavy atom. The van der Waals surface area contributed by atoms with Crippen LogP contribution < -0.4 is 5.32 Å². The molecular weight excluding hydrogens is 218 g/mol. The summed E-state index contributed by atoms with van der Waals surface area (Å²) in [4.78, 5) is 0. The molecule has 1 aliphatic carbocycles. The van der Waals surface area contributed by atoms with E-state index in [-0.39, 0.29) is 0 Å². The summed E-state index contributed by atoms with van der Waals surface area (Å²) in [7, 11) is 0. The van der Waals surface area contributed by atoms with Crippen LogP contribution in [0, 0.1) is 5.41 Å². The normalized spacial score (nSPS) is 19.2. The van der Waals surface area contributed by atoms with E-state index in [9.17, 15) is 0 Å². The van der Waals surface area contributed by atoms with Crippen molar-refractivity contribution in [2.24, 2.45) is 5.41 Å². The maximum atomic E-state index is 3.81. The Hall–Kier alpha value is -0.820. The first-order chi connectivity index (χ1) is 8.78. The Labute approximate surface area is 112 Å². The lowest BCUT2D eigenvalue weighted by Gasteiger charge is -2.42. The monoisotopic (exact) mass is 245 g/mol. The highest BCUT2D eigenvalue weighted by Crippen LogP contribution is 2.43. The molecule has 1 aliphatic rings. The first kappa shape index (κ1) is 13.6. The maximum absolute atomic E-state index is 3.81. The van der Waals surface area contributed by atoms with Gasteiger partial charge < -0.3 is 5.32 Å². The third-order valence-corrected chi connectivity index (χ3v) is 4.75. The number of benzene rings is 1. The molecule has 1 nitrogen and oxygen atoms in total. The van der Waals surface area contributed by atoms with Crippen molar-refractivity contribution in [1.82, 2.24) is 5.32 Å². The van der Waals surface area contributed by atoms with Crippen LogP contribution in [0.15, 0.2) is 30.3 Å². The van der Waals surface area contributed by atoms with Gasteiger partial charge in [0.2, 0.25) is 0 Å². The first-order valence-corrected chi connectivity index (χ1v) is 7.55. The fourth-order valence-corrected chi connectivity index (χ4v) is 2.95. The molecule has 0 aliphatic heterocycles. The summed E-state index contributed by atoms with van der Waals surface area (Å²) in [5.41, 5.74) is 2.08. The minimum absolute atomic E-state index is 0.629. The fourth-order valence-electron chi connectivity index (χ4n) is 2.95. The molecule has 1 aromatic rings. The highest BCUT2D eigenvalue weighted by molar-refractivity contribution is 5.15. The minimum Gasteiger partial charge on any atom is -0.313 e. The van der Waals surface area contributed by atoms with E-state index >= 15 is 0 Å². The molecule has 18 heavy (non-hydrogen) atoms. The van der Waals surface area contributed by atoms with Crippen molar-refractivity contribution in [3.63, 3.8) is 0 Å². The molecule has 1 heteroatoms. The molecule has 0 amide bonds. The van der Waals surface area contributed by atoms with Gasteiger partial charge in [0, 0.05) is 12.6 Å². The molecule has 100 valence electrons. The average molecular weight is 245 g/mol. The molecule has 1 aromatic carbocycles. The molecule has 1 N–H and O–H groups in total. The Morgan fingerprint density at radius 1 is 1.17 bits per heavy atom. The van der Waals surface area contributed by atoms with Crippen LogP contribution in [-0.2, 0) is 6.42 Å². The summed E-state index contributed by atoms with van der Waals surface area (Å²) >= 11 is 0. The maximum Gasteiger partial charge on any atom is 0.0105 e. The van der Waals surface area contributed by atoms with E-state index in [2.05, 4.69) is 49.5 Å². The summed E-state index contributed by atoms with van der Waals surface area (Å²) in [6.07, 6.45) is 8.01. The second-order valence-electron chi connectivity index (χ2n) is 5.88. The number of hydrogen-bond donors (Lipinski definition) is 1. The van der Waals surface area contributed by atoms with Gasteiger partial charge in [-0.1, -0.05) is 50.6 Å². The Kier molecular flexibility index (Phi) is 4.82. The molecule has 2 rings (SSSR count). The second kappa shape index (κ2) is 6.38. The van der Waals surface area contributed by atoms with E-state index in [0.717, 1.165) is 6.42 Å². The largest absolute Gasteiger partial charge is 0.313 e. The Bertz CT molecular complexity index is 334. The van der Waals surface area contributed by atoms with Crippen LogP contribution in [0.2, 0.25) is 0 Å². The van der Waals surface area contributed by atoms with Gasteiger partial charge in [-0.05, 0) is 43.1 Å². The second-order valence-corrected chi connectivity index (χ2v) is 5.88. The predicted octanol–water partition coefficient (Wildman–Crippen LogP) is 4.18. The lowest BCUT2D eigenvalue weighted by Crippen LogP contribution is -2.43. The minimum atomic E-state index is 0.629. The molecular formula is C17H27N. The van der Waals surface area contributed by atoms with Gasteiger partial charge in [0.05, 0.1) is 0 Å². The summed E-state index contributed by atoms with van der Waals surface area (Å²) in [5, 5.41) is 3.81. The predicted molar refractivity (Wildman–Crippen MR) is 78.8 cm³/mol. The Morgan fingerprint density at radius 2 is 1.89 bits per heavy atom. The molecule has 1 saturated carbocycles. The molecule has 1 unspecified atom stereocenters. The van der Waals surface area contributed by atoms with Crippen LogP contribution in [-0.4, -0.2) is 12.6 Å². The summed E-state index contributed by atoms with van der Waals surface area (Å²) in [6.45, 7) is 5.85. The van der Waals surface area contributed by atoms with Crippen molar-refractivity contribution >= 4 is 0 Å². The standard InChI is InChI=1S/C17H27N/c1-3-16(13-15-9-6-5-7-10-15)18-14-17(4-2)11-8-12-17/h5-7,9-10,16,18H,3-4,8,11-14H2,1-2H3. The summed E-state index contributed by atoms with van der Waals surface area (Å²) in [5.74, 6) is 0. The van der Waals surface area contributed by atoms with E-state index < -0.39 is 0 Å². The van der Waals surface area contributed by atoms with E-state index in [4.69, 9.17) is 0 Å². The lowest BCUT2D eigenvalue weighted by molar-refractivity contribution is 0.118. The van der Waals surface area contributed by atoms with Crippen LogP contribution in [0.1, 0.15) is 51.5 Å². The molecule has 0 radical (unpaired) electrons. The van der Waals surface area contributed by atoms with Gasteiger partial charge in [0.15, 0.2) is 0 Å². The molecule has 0 bridgehead atoms. The third kappa shape index (κ3) is 3.35. The van der Waals surface area contributed by atoms with Crippen molar-refractivity contribution < 1.29 is 0 Å². The zero-order valence-corrected chi connectivity index (χ0v) is 11.9. The molecule has 0 saturated heterocycles. The molecule has 1 fully saturated rings. The highest BCUT2D eigenvalue weighted by Gasteiger charge is 2.34. The van der Waals surface area contributed by atoms with Crippen molar-refractivity contribution in [1.29, 1.82) is 0 Å². The van der Waals surface area contributed by atoms with Crippen molar-refractivity contribution in [3.8, 4) is 0 Å². The Balaban J connectivity index is 1.82. The first-order valence-electron chi connectivity index (χ1n) is 7.55. The quantitative estimate of drug-likeness (QED) is 0.760. The SMILES string of the molecule is CCC(Cc1ccccc1)NCC1(CC)CCC1. The van der Waals surface area contributed by atoms with E-state index in [1.807, 2.05) is 0 Å². The van der Waals surface area contributed by atoms with Crippen LogP contribution in [0.3, 0.4) is 0 Å². The zero-order valence-electron chi connectivity index (χ0n) is 11.9. The smallest absolute Gasteiger partial charge is 0.0105 e. The van der Waals surface area contributed by atoms with Gasteiger partial charge in [-0.15, -0.1) is 0 Å². The van der Waals surface area contributed by atoms with E-state index in [0.29, 0.717) is 11.5 Å². The summed E-state index contributed by atoms with van der Waals surface area (Å²) in [6, 6.07) is 11.5.